The van der Waals surface area contributed by atoms with Crippen molar-refractivity contribution >= 4 is 23.2 Å². The first-order valence-electron chi connectivity index (χ1n) is 6.66. The number of carbonyl (C=O) groups excluding carboxylic acids is 1. The van der Waals surface area contributed by atoms with Crippen LogP contribution in [0.1, 0.15) is 29.8 Å². The highest BCUT2D eigenvalue weighted by Gasteiger charge is 2.09. The minimum atomic E-state index is -0.222. The summed E-state index contributed by atoms with van der Waals surface area (Å²) < 4.78 is 5.62. The molecule has 0 atom stereocenters. The number of hydrogen-bond donors (Lipinski definition) is 1. The summed E-state index contributed by atoms with van der Waals surface area (Å²) in [4.78, 5) is 16.0. The van der Waals surface area contributed by atoms with Gasteiger partial charge in [0.1, 0.15) is 10.9 Å². The first-order valence-corrected chi connectivity index (χ1v) is 7.03. The van der Waals surface area contributed by atoms with E-state index in [1.54, 1.807) is 6.07 Å². The van der Waals surface area contributed by atoms with Crippen LogP contribution in [0.4, 0.5) is 5.69 Å². The zero-order chi connectivity index (χ0) is 15.4. The SMILES string of the molecule is Cc1cc(OC(C)C)ccc1NC(=O)c1ccnc(Cl)c1. The summed E-state index contributed by atoms with van der Waals surface area (Å²) in [5.74, 6) is 0.562. The van der Waals surface area contributed by atoms with Crippen molar-refractivity contribution in [1.29, 1.82) is 0 Å². The molecule has 2 rings (SSSR count). The van der Waals surface area contributed by atoms with E-state index in [4.69, 9.17) is 16.3 Å². The minimum absolute atomic E-state index is 0.115. The average molecular weight is 305 g/mol. The highest BCUT2D eigenvalue weighted by atomic mass is 35.5. The molecule has 1 heterocycles. The number of benzene rings is 1. The zero-order valence-corrected chi connectivity index (χ0v) is 12.9. The van der Waals surface area contributed by atoms with Gasteiger partial charge in [0.05, 0.1) is 6.10 Å². The fourth-order valence-electron chi connectivity index (χ4n) is 1.86. The van der Waals surface area contributed by atoms with Gasteiger partial charge >= 0.3 is 0 Å². The van der Waals surface area contributed by atoms with Crippen molar-refractivity contribution in [3.8, 4) is 5.75 Å². The molecule has 0 fully saturated rings. The van der Waals surface area contributed by atoms with E-state index in [9.17, 15) is 4.79 Å². The third-order valence-electron chi connectivity index (χ3n) is 2.81. The Labute approximate surface area is 129 Å². The number of carbonyl (C=O) groups is 1. The first-order chi connectivity index (χ1) is 9.95. The summed E-state index contributed by atoms with van der Waals surface area (Å²) in [6, 6.07) is 8.71. The second kappa shape index (κ2) is 6.59. The van der Waals surface area contributed by atoms with Crippen LogP contribution in [0.3, 0.4) is 0 Å². The van der Waals surface area contributed by atoms with Gasteiger partial charge in [-0.1, -0.05) is 11.6 Å². The Kier molecular flexibility index (Phi) is 4.81. The largest absolute Gasteiger partial charge is 0.491 e. The number of aromatic nitrogens is 1. The number of pyridine rings is 1. The van der Waals surface area contributed by atoms with Gasteiger partial charge in [-0.05, 0) is 56.7 Å². The smallest absolute Gasteiger partial charge is 0.255 e. The van der Waals surface area contributed by atoms with E-state index in [0.29, 0.717) is 10.7 Å². The van der Waals surface area contributed by atoms with Crippen molar-refractivity contribution in [2.45, 2.75) is 26.9 Å². The molecule has 5 heteroatoms. The molecule has 0 radical (unpaired) electrons. The molecule has 1 N–H and O–H groups in total. The maximum atomic E-state index is 12.2. The molecule has 4 nitrogen and oxygen atoms in total. The lowest BCUT2D eigenvalue weighted by Crippen LogP contribution is -2.13. The number of anilines is 1. The molecular formula is C16H17ClN2O2. The average Bonchev–Trinajstić information content (AvgIpc) is 2.41. The summed E-state index contributed by atoms with van der Waals surface area (Å²) in [5, 5.41) is 3.15. The molecule has 110 valence electrons. The van der Waals surface area contributed by atoms with Crippen LogP contribution in [-0.2, 0) is 0 Å². The Morgan fingerprint density at radius 2 is 2.05 bits per heavy atom. The summed E-state index contributed by atoms with van der Waals surface area (Å²) in [5.41, 5.74) is 2.14. The van der Waals surface area contributed by atoms with Crippen LogP contribution in [-0.4, -0.2) is 17.0 Å². The molecule has 1 aromatic heterocycles. The molecule has 0 aliphatic heterocycles. The van der Waals surface area contributed by atoms with Crippen molar-refractivity contribution in [3.63, 3.8) is 0 Å². The van der Waals surface area contributed by atoms with Gasteiger partial charge in [-0.25, -0.2) is 4.98 Å². The number of aryl methyl sites for hydroxylation is 1. The van der Waals surface area contributed by atoms with E-state index < -0.39 is 0 Å². The maximum absolute atomic E-state index is 12.2. The molecule has 1 amide bonds. The number of hydrogen-bond acceptors (Lipinski definition) is 3. The van der Waals surface area contributed by atoms with Gasteiger partial charge in [-0.3, -0.25) is 4.79 Å². The van der Waals surface area contributed by atoms with Crippen molar-refractivity contribution in [1.82, 2.24) is 4.98 Å². The van der Waals surface area contributed by atoms with Gasteiger partial charge in [0.25, 0.3) is 5.91 Å². The second-order valence-corrected chi connectivity index (χ2v) is 5.35. The Hall–Kier alpha value is -2.07. The molecule has 2 aromatic rings. The van der Waals surface area contributed by atoms with Crippen LogP contribution in [0, 0.1) is 6.92 Å². The van der Waals surface area contributed by atoms with Gasteiger partial charge in [0, 0.05) is 17.4 Å². The van der Waals surface area contributed by atoms with E-state index in [-0.39, 0.29) is 12.0 Å². The van der Waals surface area contributed by atoms with E-state index in [1.807, 2.05) is 39.0 Å². The molecule has 0 unspecified atom stereocenters. The summed E-state index contributed by atoms with van der Waals surface area (Å²) in [6.07, 6.45) is 1.62. The second-order valence-electron chi connectivity index (χ2n) is 4.96. The zero-order valence-electron chi connectivity index (χ0n) is 12.2. The summed E-state index contributed by atoms with van der Waals surface area (Å²) >= 11 is 5.78. The maximum Gasteiger partial charge on any atom is 0.255 e. The number of halogens is 1. The summed E-state index contributed by atoms with van der Waals surface area (Å²) in [7, 11) is 0. The van der Waals surface area contributed by atoms with Crippen molar-refractivity contribution in [3.05, 3.63) is 52.8 Å². The van der Waals surface area contributed by atoms with Crippen LogP contribution in [0.25, 0.3) is 0 Å². The Balaban J connectivity index is 2.14. The van der Waals surface area contributed by atoms with Crippen LogP contribution < -0.4 is 10.1 Å². The minimum Gasteiger partial charge on any atom is -0.491 e. The Morgan fingerprint density at radius 1 is 1.29 bits per heavy atom. The molecule has 0 spiro atoms. The lowest BCUT2D eigenvalue weighted by Gasteiger charge is -2.13. The molecule has 0 bridgehead atoms. The van der Waals surface area contributed by atoms with Crippen molar-refractivity contribution in [2.75, 3.05) is 5.32 Å². The van der Waals surface area contributed by atoms with Crippen LogP contribution >= 0.6 is 11.6 Å². The predicted octanol–water partition coefficient (Wildman–Crippen LogP) is 4.08. The first kappa shape index (κ1) is 15.3. The molecule has 21 heavy (non-hydrogen) atoms. The highest BCUT2D eigenvalue weighted by molar-refractivity contribution is 6.29. The molecule has 0 aliphatic rings. The van der Waals surface area contributed by atoms with Gasteiger partial charge in [-0.15, -0.1) is 0 Å². The highest BCUT2D eigenvalue weighted by Crippen LogP contribution is 2.23. The lowest BCUT2D eigenvalue weighted by molar-refractivity contribution is 0.102. The molecule has 0 aliphatic carbocycles. The van der Waals surface area contributed by atoms with Gasteiger partial charge < -0.3 is 10.1 Å². The normalized spacial score (nSPS) is 10.5. The monoisotopic (exact) mass is 304 g/mol. The van der Waals surface area contributed by atoms with Gasteiger partial charge in [-0.2, -0.15) is 0 Å². The van der Waals surface area contributed by atoms with E-state index in [0.717, 1.165) is 17.0 Å². The lowest BCUT2D eigenvalue weighted by atomic mass is 10.1. The standard InChI is InChI=1S/C16H17ClN2O2/c1-10(2)21-13-4-5-14(11(3)8-13)19-16(20)12-6-7-18-15(17)9-12/h4-10H,1-3H3,(H,19,20). The molecule has 0 saturated heterocycles. The van der Waals surface area contributed by atoms with Gasteiger partial charge in [0.2, 0.25) is 0 Å². The third kappa shape index (κ3) is 4.20. The fraction of sp³-hybridized carbons (Fsp3) is 0.250. The van der Waals surface area contributed by atoms with E-state index in [2.05, 4.69) is 10.3 Å². The van der Waals surface area contributed by atoms with Crippen molar-refractivity contribution in [2.24, 2.45) is 0 Å². The van der Waals surface area contributed by atoms with Crippen LogP contribution in [0.15, 0.2) is 36.5 Å². The molecular weight excluding hydrogens is 288 g/mol. The van der Waals surface area contributed by atoms with Crippen LogP contribution in [0.5, 0.6) is 5.75 Å². The fourth-order valence-corrected chi connectivity index (χ4v) is 2.03. The topological polar surface area (TPSA) is 51.2 Å². The van der Waals surface area contributed by atoms with Crippen LogP contribution in [0.2, 0.25) is 5.15 Å². The molecule has 1 aromatic carbocycles. The quantitative estimate of drug-likeness (QED) is 0.866. The number of amides is 1. The Morgan fingerprint density at radius 3 is 2.67 bits per heavy atom. The number of rotatable bonds is 4. The van der Waals surface area contributed by atoms with E-state index in [1.165, 1.54) is 12.3 Å². The predicted molar refractivity (Wildman–Crippen MR) is 84.1 cm³/mol. The number of nitrogens with one attached hydrogen (secondary N) is 1. The van der Waals surface area contributed by atoms with Gasteiger partial charge in [0.15, 0.2) is 0 Å². The number of nitrogens with zero attached hydrogens (tertiary/aromatic N) is 1. The Bertz CT molecular complexity index is 656. The van der Waals surface area contributed by atoms with E-state index >= 15 is 0 Å². The number of ether oxygens (including phenoxy) is 1. The summed E-state index contributed by atoms with van der Waals surface area (Å²) in [6.45, 7) is 5.86. The van der Waals surface area contributed by atoms with Crippen molar-refractivity contribution < 1.29 is 9.53 Å². The molecule has 0 saturated carbocycles. The third-order valence-corrected chi connectivity index (χ3v) is 3.01.